The third-order valence-corrected chi connectivity index (χ3v) is 3.43. The lowest BCUT2D eigenvalue weighted by Crippen LogP contribution is -2.22. The van der Waals surface area contributed by atoms with E-state index in [4.69, 9.17) is 4.74 Å². The molecule has 0 atom stereocenters. The number of halogens is 3. The van der Waals surface area contributed by atoms with Crippen LogP contribution >= 0.6 is 0 Å². The summed E-state index contributed by atoms with van der Waals surface area (Å²) < 4.78 is 43.7. The molecule has 0 radical (unpaired) electrons. The van der Waals surface area contributed by atoms with E-state index in [9.17, 15) is 23.3 Å². The molecule has 0 aliphatic carbocycles. The highest BCUT2D eigenvalue weighted by Crippen LogP contribution is 2.37. The van der Waals surface area contributed by atoms with Crippen molar-refractivity contribution in [1.82, 2.24) is 0 Å². The van der Waals surface area contributed by atoms with Gasteiger partial charge in [0.25, 0.3) is 5.69 Å². The van der Waals surface area contributed by atoms with Gasteiger partial charge in [0.15, 0.2) is 0 Å². The summed E-state index contributed by atoms with van der Waals surface area (Å²) in [6.07, 6.45) is -3.04. The highest BCUT2D eigenvalue weighted by Gasteiger charge is 2.38. The van der Waals surface area contributed by atoms with Crippen molar-refractivity contribution >= 4 is 11.4 Å². The summed E-state index contributed by atoms with van der Waals surface area (Å²) >= 11 is 0. The van der Waals surface area contributed by atoms with E-state index in [0.29, 0.717) is 25.7 Å². The van der Waals surface area contributed by atoms with Gasteiger partial charge in [-0.05, 0) is 30.9 Å². The Hall–Kier alpha value is -1.83. The van der Waals surface area contributed by atoms with E-state index in [0.717, 1.165) is 25.0 Å². The highest BCUT2D eigenvalue weighted by atomic mass is 19.4. The highest BCUT2D eigenvalue weighted by molar-refractivity contribution is 5.55. The van der Waals surface area contributed by atoms with Crippen molar-refractivity contribution in [3.63, 3.8) is 0 Å². The molecule has 1 N–H and O–H groups in total. The van der Waals surface area contributed by atoms with Gasteiger partial charge in [-0.2, -0.15) is 13.2 Å². The largest absolute Gasteiger partial charge is 0.423 e. The van der Waals surface area contributed by atoms with E-state index >= 15 is 0 Å². The van der Waals surface area contributed by atoms with Gasteiger partial charge >= 0.3 is 6.18 Å². The maximum Gasteiger partial charge on any atom is 0.423 e. The van der Waals surface area contributed by atoms with E-state index < -0.39 is 22.4 Å². The molecule has 1 aliphatic rings. The molecule has 116 valence electrons. The molecule has 8 heteroatoms. The van der Waals surface area contributed by atoms with Crippen molar-refractivity contribution in [2.75, 3.05) is 25.1 Å². The van der Waals surface area contributed by atoms with Gasteiger partial charge in [-0.3, -0.25) is 10.1 Å². The Balaban J connectivity index is 2.11. The van der Waals surface area contributed by atoms with Crippen molar-refractivity contribution in [1.29, 1.82) is 0 Å². The minimum Gasteiger partial charge on any atom is -0.385 e. The summed E-state index contributed by atoms with van der Waals surface area (Å²) in [7, 11) is 0. The minimum atomic E-state index is -4.75. The fourth-order valence-electron chi connectivity index (χ4n) is 2.24. The van der Waals surface area contributed by atoms with Crippen molar-refractivity contribution < 1.29 is 22.8 Å². The monoisotopic (exact) mass is 304 g/mol. The molecule has 0 saturated carbocycles. The van der Waals surface area contributed by atoms with Crippen LogP contribution in [-0.4, -0.2) is 24.7 Å². The molecule has 0 unspecified atom stereocenters. The number of hydrogen-bond acceptors (Lipinski definition) is 4. The van der Waals surface area contributed by atoms with Crippen LogP contribution in [0.2, 0.25) is 0 Å². The molecule has 2 rings (SSSR count). The molecule has 0 bridgehead atoms. The molecule has 0 amide bonds. The van der Waals surface area contributed by atoms with Crippen LogP contribution in [0.15, 0.2) is 18.2 Å². The second-order valence-electron chi connectivity index (χ2n) is 4.92. The first kappa shape index (κ1) is 15.6. The number of nitro benzene ring substituents is 1. The molecule has 5 nitrogen and oxygen atoms in total. The number of nitro groups is 1. The van der Waals surface area contributed by atoms with Crippen LogP contribution in [0, 0.1) is 16.0 Å². The predicted octanol–water partition coefficient (Wildman–Crippen LogP) is 3.45. The molecule has 1 aliphatic heterocycles. The fraction of sp³-hybridized carbons (Fsp3) is 0.538. The zero-order chi connectivity index (χ0) is 15.5. The normalized spacial score (nSPS) is 16.7. The maximum atomic E-state index is 12.8. The van der Waals surface area contributed by atoms with Gasteiger partial charge in [-0.25, -0.2) is 0 Å². The average Bonchev–Trinajstić information content (AvgIpc) is 2.45. The van der Waals surface area contributed by atoms with Gasteiger partial charge < -0.3 is 10.1 Å². The Bertz CT molecular complexity index is 514. The molecule has 21 heavy (non-hydrogen) atoms. The number of hydrogen-bond donors (Lipinski definition) is 1. The van der Waals surface area contributed by atoms with Gasteiger partial charge in [0.05, 0.1) is 4.92 Å². The van der Waals surface area contributed by atoms with Crippen LogP contribution < -0.4 is 5.32 Å². The second-order valence-corrected chi connectivity index (χ2v) is 4.92. The van der Waals surface area contributed by atoms with Crippen molar-refractivity contribution in [2.45, 2.75) is 19.0 Å². The van der Waals surface area contributed by atoms with E-state index in [-0.39, 0.29) is 5.69 Å². The number of nitrogens with zero attached hydrogens (tertiary/aromatic N) is 1. The average molecular weight is 304 g/mol. The van der Waals surface area contributed by atoms with Gasteiger partial charge in [-0.1, -0.05) is 0 Å². The second kappa shape index (κ2) is 6.30. The minimum absolute atomic E-state index is 0.236. The summed E-state index contributed by atoms with van der Waals surface area (Å²) in [5, 5.41) is 13.6. The topological polar surface area (TPSA) is 64.4 Å². The molecular formula is C13H15F3N2O3. The van der Waals surface area contributed by atoms with Crippen LogP contribution in [0.4, 0.5) is 24.5 Å². The molecule has 1 aromatic carbocycles. The quantitative estimate of drug-likeness (QED) is 0.683. The zero-order valence-electron chi connectivity index (χ0n) is 11.2. The van der Waals surface area contributed by atoms with Gasteiger partial charge in [-0.15, -0.1) is 0 Å². The molecule has 0 aromatic heterocycles. The Morgan fingerprint density at radius 1 is 1.33 bits per heavy atom. The molecular weight excluding hydrogens is 289 g/mol. The summed E-state index contributed by atoms with van der Waals surface area (Å²) in [4.78, 5) is 9.63. The Morgan fingerprint density at radius 3 is 2.57 bits per heavy atom. The lowest BCUT2D eigenvalue weighted by molar-refractivity contribution is -0.388. The molecule has 1 fully saturated rings. The SMILES string of the molecule is O=[N+]([O-])c1ccc(NCC2CCOCC2)cc1C(F)(F)F. The van der Waals surface area contributed by atoms with Gasteiger partial charge in [0.2, 0.25) is 0 Å². The van der Waals surface area contributed by atoms with Crippen molar-refractivity contribution in [3.8, 4) is 0 Å². The number of anilines is 1. The Kier molecular flexibility index (Phi) is 4.66. The lowest BCUT2D eigenvalue weighted by Gasteiger charge is -2.22. The van der Waals surface area contributed by atoms with Crippen LogP contribution in [0.25, 0.3) is 0 Å². The Morgan fingerprint density at radius 2 is 2.00 bits per heavy atom. The third-order valence-electron chi connectivity index (χ3n) is 3.43. The first-order chi connectivity index (χ1) is 9.88. The lowest BCUT2D eigenvalue weighted by atomic mass is 10.0. The number of ether oxygens (including phenoxy) is 1. The van der Waals surface area contributed by atoms with Crippen LogP contribution in [0.5, 0.6) is 0 Å². The van der Waals surface area contributed by atoms with E-state index in [2.05, 4.69) is 5.32 Å². The summed E-state index contributed by atoms with van der Waals surface area (Å²) in [5.74, 6) is 0.336. The molecule has 1 saturated heterocycles. The van der Waals surface area contributed by atoms with Crippen LogP contribution in [-0.2, 0) is 10.9 Å². The summed E-state index contributed by atoms with van der Waals surface area (Å²) in [6.45, 7) is 1.83. The van der Waals surface area contributed by atoms with Crippen LogP contribution in [0.3, 0.4) is 0 Å². The fourth-order valence-corrected chi connectivity index (χ4v) is 2.24. The standard InChI is InChI=1S/C13H15F3N2O3/c14-13(15,16)11-7-10(1-2-12(11)18(19)20)17-8-9-3-5-21-6-4-9/h1-2,7,9,17H,3-6,8H2. The first-order valence-electron chi connectivity index (χ1n) is 6.55. The number of rotatable bonds is 4. The van der Waals surface area contributed by atoms with E-state index in [1.54, 1.807) is 0 Å². The van der Waals surface area contributed by atoms with E-state index in [1.165, 1.54) is 6.07 Å². The van der Waals surface area contributed by atoms with Gasteiger partial charge in [0.1, 0.15) is 5.56 Å². The van der Waals surface area contributed by atoms with Crippen molar-refractivity contribution in [3.05, 3.63) is 33.9 Å². The smallest absolute Gasteiger partial charge is 0.385 e. The maximum absolute atomic E-state index is 12.8. The summed E-state index contributed by atoms with van der Waals surface area (Å²) in [6, 6.07) is 2.97. The Labute approximate surface area is 119 Å². The van der Waals surface area contributed by atoms with Crippen LogP contribution in [0.1, 0.15) is 18.4 Å². The summed E-state index contributed by atoms with van der Waals surface area (Å²) in [5.41, 5.74) is -1.93. The van der Waals surface area contributed by atoms with Gasteiger partial charge in [0, 0.05) is 31.5 Å². The number of alkyl halides is 3. The van der Waals surface area contributed by atoms with E-state index in [1.807, 2.05) is 0 Å². The van der Waals surface area contributed by atoms with Crippen molar-refractivity contribution in [2.24, 2.45) is 5.92 Å². The predicted molar refractivity (Wildman–Crippen MR) is 70.1 cm³/mol. The molecule has 0 spiro atoms. The first-order valence-corrected chi connectivity index (χ1v) is 6.55. The number of benzene rings is 1. The molecule has 1 heterocycles. The molecule has 1 aromatic rings. The zero-order valence-corrected chi connectivity index (χ0v) is 11.2. The third kappa shape index (κ3) is 4.07. The number of nitrogens with one attached hydrogen (secondary N) is 1.